The van der Waals surface area contributed by atoms with E-state index < -0.39 is 0 Å². The molecule has 2 aliphatic heterocycles. The van der Waals surface area contributed by atoms with Crippen LogP contribution in [0.4, 0.5) is 0 Å². The molecule has 142 valence electrons. The Morgan fingerprint density at radius 3 is 2.89 bits per heavy atom. The van der Waals surface area contributed by atoms with E-state index in [1.165, 1.54) is 0 Å². The number of halogens is 1. The Morgan fingerprint density at radius 1 is 1.30 bits per heavy atom. The molecule has 4 heterocycles. The summed E-state index contributed by atoms with van der Waals surface area (Å²) in [5, 5.41) is 7.02. The van der Waals surface area contributed by atoms with E-state index in [1.807, 2.05) is 34.4 Å². The molecule has 6 nitrogen and oxygen atoms in total. The van der Waals surface area contributed by atoms with Crippen LogP contribution in [0.2, 0.25) is 5.02 Å². The Hall–Kier alpha value is -1.89. The zero-order valence-corrected chi connectivity index (χ0v) is 16.0. The lowest BCUT2D eigenvalue weighted by Gasteiger charge is -2.23. The second kappa shape index (κ2) is 6.62. The standard InChI is InChI=1S/C20H22ClN3O3/c1-12-18-19(22-24(12)17-4-2-3-9-26-17)15-10-13(21)5-6-16(15)23(20(18)25)8-7-14-11-27-14/h5-6,10,14,17H,2-4,7-9,11H2,1H3. The van der Waals surface area contributed by atoms with Gasteiger partial charge in [0, 0.05) is 23.6 Å². The number of pyridine rings is 1. The van der Waals surface area contributed by atoms with E-state index in [1.54, 1.807) is 0 Å². The monoisotopic (exact) mass is 387 g/mol. The molecule has 0 amide bonds. The first kappa shape index (κ1) is 17.2. The molecule has 0 aliphatic carbocycles. The Morgan fingerprint density at radius 2 is 2.15 bits per heavy atom. The third kappa shape index (κ3) is 2.96. The lowest BCUT2D eigenvalue weighted by Crippen LogP contribution is -2.22. The first-order valence-corrected chi connectivity index (χ1v) is 9.95. The Labute approximate surface area is 161 Å². The number of nitrogens with zero attached hydrogens (tertiary/aromatic N) is 3. The summed E-state index contributed by atoms with van der Waals surface area (Å²) in [4.78, 5) is 13.4. The Bertz CT molecular complexity index is 1080. The second-order valence-electron chi connectivity index (χ2n) is 7.44. The maximum atomic E-state index is 13.4. The van der Waals surface area contributed by atoms with Crippen molar-refractivity contribution in [1.82, 2.24) is 14.3 Å². The van der Waals surface area contributed by atoms with Crippen molar-refractivity contribution in [3.8, 4) is 0 Å². The fourth-order valence-electron chi connectivity index (χ4n) is 4.07. The molecule has 0 bridgehead atoms. The van der Waals surface area contributed by atoms with Gasteiger partial charge in [-0.15, -0.1) is 0 Å². The van der Waals surface area contributed by atoms with Gasteiger partial charge in [-0.2, -0.15) is 5.10 Å². The fourth-order valence-corrected chi connectivity index (χ4v) is 4.24. The molecule has 2 atom stereocenters. The largest absolute Gasteiger partial charge is 0.373 e. The van der Waals surface area contributed by atoms with Crippen molar-refractivity contribution in [2.75, 3.05) is 13.2 Å². The summed E-state index contributed by atoms with van der Waals surface area (Å²) >= 11 is 6.28. The van der Waals surface area contributed by atoms with Crippen molar-refractivity contribution in [1.29, 1.82) is 0 Å². The summed E-state index contributed by atoms with van der Waals surface area (Å²) in [6, 6.07) is 5.65. The molecular formula is C20H22ClN3O3. The molecule has 0 spiro atoms. The predicted octanol–water partition coefficient (Wildman–Crippen LogP) is 3.80. The SMILES string of the molecule is Cc1c2c(=O)n(CCC3CO3)c3ccc(Cl)cc3c2nn1C1CCCCO1. The number of ether oxygens (including phenoxy) is 2. The van der Waals surface area contributed by atoms with Crippen molar-refractivity contribution in [3.63, 3.8) is 0 Å². The van der Waals surface area contributed by atoms with E-state index in [0.29, 0.717) is 22.5 Å². The molecule has 27 heavy (non-hydrogen) atoms. The number of hydrogen-bond acceptors (Lipinski definition) is 4. The topological polar surface area (TPSA) is 61.6 Å². The van der Waals surface area contributed by atoms with Crippen molar-refractivity contribution in [2.24, 2.45) is 0 Å². The first-order valence-electron chi connectivity index (χ1n) is 9.57. The number of benzene rings is 1. The average Bonchev–Trinajstić information content (AvgIpc) is 3.44. The molecule has 3 aromatic rings. The third-order valence-corrected chi connectivity index (χ3v) is 5.85. The minimum Gasteiger partial charge on any atom is -0.373 e. The van der Waals surface area contributed by atoms with Gasteiger partial charge >= 0.3 is 0 Å². The molecule has 0 saturated carbocycles. The summed E-state index contributed by atoms with van der Waals surface area (Å²) in [5.74, 6) is 0. The van der Waals surface area contributed by atoms with Gasteiger partial charge in [0.1, 0.15) is 11.7 Å². The number of epoxide rings is 1. The van der Waals surface area contributed by atoms with Gasteiger partial charge in [-0.1, -0.05) is 11.6 Å². The van der Waals surface area contributed by atoms with Crippen LogP contribution in [-0.2, 0) is 16.0 Å². The van der Waals surface area contributed by atoms with Crippen molar-refractivity contribution in [3.05, 3.63) is 39.3 Å². The smallest absolute Gasteiger partial charge is 0.262 e. The van der Waals surface area contributed by atoms with Gasteiger partial charge in [0.25, 0.3) is 5.56 Å². The van der Waals surface area contributed by atoms with E-state index in [0.717, 1.165) is 55.5 Å². The molecule has 2 saturated heterocycles. The van der Waals surface area contributed by atoms with Gasteiger partial charge in [-0.05, 0) is 50.8 Å². The molecule has 2 aliphatic rings. The van der Waals surface area contributed by atoms with E-state index in [4.69, 9.17) is 26.2 Å². The van der Waals surface area contributed by atoms with Crippen molar-refractivity contribution < 1.29 is 9.47 Å². The van der Waals surface area contributed by atoms with Crippen LogP contribution in [0.5, 0.6) is 0 Å². The maximum Gasteiger partial charge on any atom is 0.262 e. The highest BCUT2D eigenvalue weighted by molar-refractivity contribution is 6.31. The minimum absolute atomic E-state index is 0.0000295. The summed E-state index contributed by atoms with van der Waals surface area (Å²) in [7, 11) is 0. The lowest BCUT2D eigenvalue weighted by atomic mass is 10.1. The van der Waals surface area contributed by atoms with Crippen LogP contribution < -0.4 is 5.56 Å². The van der Waals surface area contributed by atoms with Crippen LogP contribution in [0.3, 0.4) is 0 Å². The number of hydrogen-bond donors (Lipinski definition) is 0. The van der Waals surface area contributed by atoms with E-state index in [2.05, 4.69) is 0 Å². The van der Waals surface area contributed by atoms with Gasteiger partial charge in [-0.25, -0.2) is 4.68 Å². The summed E-state index contributed by atoms with van der Waals surface area (Å²) in [6.07, 6.45) is 4.11. The van der Waals surface area contributed by atoms with Crippen LogP contribution in [0.1, 0.15) is 37.6 Å². The summed E-state index contributed by atoms with van der Waals surface area (Å²) in [5.41, 5.74) is 2.44. The zero-order chi connectivity index (χ0) is 18.5. The van der Waals surface area contributed by atoms with Crippen molar-refractivity contribution in [2.45, 2.75) is 51.5 Å². The summed E-state index contributed by atoms with van der Waals surface area (Å²) < 4.78 is 15.0. The molecule has 2 fully saturated rings. The first-order chi connectivity index (χ1) is 13.1. The van der Waals surface area contributed by atoms with E-state index >= 15 is 0 Å². The molecule has 0 radical (unpaired) electrons. The van der Waals surface area contributed by atoms with E-state index in [-0.39, 0.29) is 17.9 Å². The highest BCUT2D eigenvalue weighted by Crippen LogP contribution is 2.31. The van der Waals surface area contributed by atoms with Crippen LogP contribution >= 0.6 is 11.6 Å². The third-order valence-electron chi connectivity index (χ3n) is 5.62. The summed E-state index contributed by atoms with van der Waals surface area (Å²) in [6.45, 7) is 4.11. The highest BCUT2D eigenvalue weighted by Gasteiger charge is 2.26. The molecule has 5 rings (SSSR count). The molecular weight excluding hydrogens is 366 g/mol. The second-order valence-corrected chi connectivity index (χ2v) is 7.87. The Kier molecular flexibility index (Phi) is 4.22. The molecule has 2 unspecified atom stereocenters. The predicted molar refractivity (Wildman–Crippen MR) is 104 cm³/mol. The van der Waals surface area contributed by atoms with Gasteiger partial charge in [-0.3, -0.25) is 4.79 Å². The Balaban J connectivity index is 1.75. The lowest BCUT2D eigenvalue weighted by molar-refractivity contribution is -0.0402. The van der Waals surface area contributed by atoms with Gasteiger partial charge in [0.15, 0.2) is 0 Å². The number of aromatic nitrogens is 3. The van der Waals surface area contributed by atoms with Gasteiger partial charge in [0.05, 0.1) is 29.3 Å². The van der Waals surface area contributed by atoms with Gasteiger partial charge in [0.2, 0.25) is 0 Å². The minimum atomic E-state index is -0.104. The van der Waals surface area contributed by atoms with Crippen LogP contribution in [-0.4, -0.2) is 33.7 Å². The normalized spacial score (nSPS) is 22.6. The highest BCUT2D eigenvalue weighted by atomic mass is 35.5. The quantitative estimate of drug-likeness (QED) is 0.639. The number of aryl methyl sites for hydroxylation is 2. The molecule has 7 heteroatoms. The molecule has 2 aromatic heterocycles. The maximum absolute atomic E-state index is 13.4. The van der Waals surface area contributed by atoms with Gasteiger partial charge < -0.3 is 14.0 Å². The molecule has 1 aromatic carbocycles. The zero-order valence-electron chi connectivity index (χ0n) is 15.3. The number of rotatable bonds is 4. The van der Waals surface area contributed by atoms with E-state index in [9.17, 15) is 4.79 Å². The van der Waals surface area contributed by atoms with Crippen LogP contribution in [0.15, 0.2) is 23.0 Å². The van der Waals surface area contributed by atoms with Crippen LogP contribution in [0, 0.1) is 6.92 Å². The van der Waals surface area contributed by atoms with Crippen molar-refractivity contribution >= 4 is 33.4 Å². The molecule has 0 N–H and O–H groups in total. The average molecular weight is 388 g/mol. The number of fused-ring (bicyclic) bond motifs is 3. The van der Waals surface area contributed by atoms with Crippen LogP contribution in [0.25, 0.3) is 21.8 Å². The fraction of sp³-hybridized carbons (Fsp3) is 0.500.